The lowest BCUT2D eigenvalue weighted by Crippen LogP contribution is -2.30. The van der Waals surface area contributed by atoms with Crippen LogP contribution >= 0.6 is 0 Å². The molecule has 0 bridgehead atoms. The molecule has 0 spiro atoms. The summed E-state index contributed by atoms with van der Waals surface area (Å²) in [4.78, 5) is 25.4. The monoisotopic (exact) mass is 869 g/mol. The first-order chi connectivity index (χ1) is 30.6. The maximum absolute atomic E-state index is 12.8. The molecule has 0 aromatic rings. The summed E-state index contributed by atoms with van der Waals surface area (Å²) in [5.74, 6) is -0.396. The second-order valence-electron chi connectivity index (χ2n) is 18.1. The first-order valence-electron chi connectivity index (χ1n) is 27.2. The summed E-state index contributed by atoms with van der Waals surface area (Å²) in [6.07, 6.45) is 65.5. The molecule has 5 nitrogen and oxygen atoms in total. The zero-order valence-corrected chi connectivity index (χ0v) is 41.6. The van der Waals surface area contributed by atoms with E-state index in [1.807, 2.05) is 0 Å². The van der Waals surface area contributed by atoms with Crippen LogP contribution in [-0.2, 0) is 23.8 Å². The summed E-state index contributed by atoms with van der Waals surface area (Å²) in [5.41, 5.74) is 0. The van der Waals surface area contributed by atoms with E-state index in [0.717, 1.165) is 64.2 Å². The lowest BCUT2D eigenvalue weighted by molar-refractivity contribution is -0.163. The molecular formula is C57H104O5. The van der Waals surface area contributed by atoms with E-state index in [9.17, 15) is 9.59 Å². The Morgan fingerprint density at radius 3 is 1.18 bits per heavy atom. The van der Waals surface area contributed by atoms with Crippen LogP contribution in [0, 0.1) is 0 Å². The number of allylic oxidation sites excluding steroid dienone is 8. The molecule has 0 saturated carbocycles. The zero-order valence-electron chi connectivity index (χ0n) is 41.6. The summed E-state index contributed by atoms with van der Waals surface area (Å²) in [7, 11) is 0. The van der Waals surface area contributed by atoms with E-state index in [0.29, 0.717) is 19.4 Å². The zero-order chi connectivity index (χ0) is 44.9. The van der Waals surface area contributed by atoms with Crippen LogP contribution < -0.4 is 0 Å². The average Bonchev–Trinajstić information content (AvgIpc) is 3.27. The molecule has 5 heteroatoms. The minimum atomic E-state index is -0.540. The highest BCUT2D eigenvalue weighted by Crippen LogP contribution is 2.15. The third-order valence-electron chi connectivity index (χ3n) is 11.8. The van der Waals surface area contributed by atoms with E-state index in [-0.39, 0.29) is 25.2 Å². The van der Waals surface area contributed by atoms with Crippen molar-refractivity contribution in [1.82, 2.24) is 0 Å². The molecule has 1 atom stereocenters. The van der Waals surface area contributed by atoms with E-state index < -0.39 is 6.10 Å². The molecule has 0 aliphatic heterocycles. The van der Waals surface area contributed by atoms with Gasteiger partial charge in [-0.1, -0.05) is 236 Å². The van der Waals surface area contributed by atoms with Crippen LogP contribution in [0.1, 0.15) is 278 Å². The van der Waals surface area contributed by atoms with Crippen molar-refractivity contribution in [3.63, 3.8) is 0 Å². The van der Waals surface area contributed by atoms with Gasteiger partial charge in [0.15, 0.2) is 6.10 Å². The molecule has 0 amide bonds. The quantitative estimate of drug-likeness (QED) is 0.0346. The number of carbonyl (C=O) groups excluding carboxylic acids is 2. The lowest BCUT2D eigenvalue weighted by Gasteiger charge is -2.18. The second kappa shape index (κ2) is 53.2. The van der Waals surface area contributed by atoms with Crippen LogP contribution in [0.5, 0.6) is 0 Å². The smallest absolute Gasteiger partial charge is 0.306 e. The van der Waals surface area contributed by atoms with Crippen molar-refractivity contribution in [2.75, 3.05) is 19.8 Å². The standard InChI is InChI=1S/C57H104O5/c1-4-7-10-13-16-19-22-24-26-28-29-30-31-33-36-38-41-44-47-50-56(58)61-54-55(62-57(59)51-48-45-42-39-35-21-18-15-12-9-6-3)53-60-52-49-46-43-40-37-34-32-27-25-23-20-17-14-11-8-5-2/h8,11,17,20,24-27,55H,4-7,9-10,12-16,18-19,21-23,28-54H2,1-3H3/b11-8-,20-17-,26-24-,27-25-. The van der Waals surface area contributed by atoms with Crippen molar-refractivity contribution >= 4 is 11.9 Å². The SMILES string of the molecule is CC/C=C\C/C=C\C/C=C\CCCCCCCCOCC(COC(=O)CCCCCCCCCCC/C=C\CCCCCCCC)OC(=O)CCCCCCCCCCCCC. The third-order valence-corrected chi connectivity index (χ3v) is 11.8. The van der Waals surface area contributed by atoms with Gasteiger partial charge in [-0.25, -0.2) is 0 Å². The van der Waals surface area contributed by atoms with E-state index in [2.05, 4.69) is 69.4 Å². The van der Waals surface area contributed by atoms with Crippen LogP contribution in [0.4, 0.5) is 0 Å². The highest BCUT2D eigenvalue weighted by atomic mass is 16.6. The summed E-state index contributed by atoms with van der Waals surface area (Å²) in [6.45, 7) is 7.72. The van der Waals surface area contributed by atoms with Crippen molar-refractivity contribution in [3.05, 3.63) is 48.6 Å². The molecule has 0 rings (SSSR count). The summed E-state index contributed by atoms with van der Waals surface area (Å²) in [6, 6.07) is 0. The Morgan fingerprint density at radius 1 is 0.371 bits per heavy atom. The molecule has 0 aromatic heterocycles. The van der Waals surface area contributed by atoms with Gasteiger partial charge in [0.1, 0.15) is 6.61 Å². The Morgan fingerprint density at radius 2 is 0.726 bits per heavy atom. The van der Waals surface area contributed by atoms with Crippen LogP contribution in [0.25, 0.3) is 0 Å². The maximum atomic E-state index is 12.8. The molecule has 0 fully saturated rings. The second-order valence-corrected chi connectivity index (χ2v) is 18.1. The fraction of sp³-hybridized carbons (Fsp3) is 0.825. The Hall–Kier alpha value is -2.14. The summed E-state index contributed by atoms with van der Waals surface area (Å²) in [5, 5.41) is 0. The average molecular weight is 869 g/mol. The van der Waals surface area contributed by atoms with E-state index in [4.69, 9.17) is 14.2 Å². The van der Waals surface area contributed by atoms with Gasteiger partial charge >= 0.3 is 11.9 Å². The number of unbranched alkanes of at least 4 members (excludes halogenated alkanes) is 31. The molecule has 362 valence electrons. The molecule has 62 heavy (non-hydrogen) atoms. The molecule has 0 aliphatic rings. The van der Waals surface area contributed by atoms with Crippen molar-refractivity contribution in [3.8, 4) is 0 Å². The van der Waals surface area contributed by atoms with Gasteiger partial charge < -0.3 is 14.2 Å². The molecule has 0 radical (unpaired) electrons. The van der Waals surface area contributed by atoms with Gasteiger partial charge in [-0.2, -0.15) is 0 Å². The van der Waals surface area contributed by atoms with Crippen molar-refractivity contribution in [2.45, 2.75) is 284 Å². The normalized spacial score (nSPS) is 12.5. The number of hydrogen-bond donors (Lipinski definition) is 0. The van der Waals surface area contributed by atoms with E-state index >= 15 is 0 Å². The van der Waals surface area contributed by atoms with Crippen LogP contribution in [0.15, 0.2) is 48.6 Å². The Balaban J connectivity index is 4.21. The lowest BCUT2D eigenvalue weighted by atomic mass is 10.1. The van der Waals surface area contributed by atoms with Gasteiger partial charge in [0, 0.05) is 19.4 Å². The first kappa shape index (κ1) is 59.9. The minimum Gasteiger partial charge on any atom is -0.462 e. The molecule has 0 saturated heterocycles. The first-order valence-corrected chi connectivity index (χ1v) is 27.2. The number of hydrogen-bond acceptors (Lipinski definition) is 5. The predicted molar refractivity (Wildman–Crippen MR) is 270 cm³/mol. The summed E-state index contributed by atoms with van der Waals surface area (Å²) >= 11 is 0. The minimum absolute atomic E-state index is 0.0821. The van der Waals surface area contributed by atoms with E-state index in [1.54, 1.807) is 0 Å². The predicted octanol–water partition coefficient (Wildman–Crippen LogP) is 18.3. The van der Waals surface area contributed by atoms with Gasteiger partial charge in [-0.05, 0) is 77.0 Å². The number of rotatable bonds is 50. The van der Waals surface area contributed by atoms with Crippen LogP contribution in [0.3, 0.4) is 0 Å². The van der Waals surface area contributed by atoms with Crippen molar-refractivity contribution < 1.29 is 23.8 Å². The van der Waals surface area contributed by atoms with Crippen LogP contribution in [-0.4, -0.2) is 37.9 Å². The number of esters is 2. The van der Waals surface area contributed by atoms with Gasteiger partial charge in [-0.15, -0.1) is 0 Å². The molecule has 0 aliphatic carbocycles. The highest BCUT2D eigenvalue weighted by molar-refractivity contribution is 5.70. The molecule has 0 heterocycles. The molecule has 1 unspecified atom stereocenters. The Bertz CT molecular complexity index is 1030. The largest absolute Gasteiger partial charge is 0.462 e. The van der Waals surface area contributed by atoms with Gasteiger partial charge in [0.2, 0.25) is 0 Å². The van der Waals surface area contributed by atoms with Crippen molar-refractivity contribution in [1.29, 1.82) is 0 Å². The maximum Gasteiger partial charge on any atom is 0.306 e. The van der Waals surface area contributed by atoms with Gasteiger partial charge in [-0.3, -0.25) is 9.59 Å². The molecule has 0 aromatic carbocycles. The fourth-order valence-electron chi connectivity index (χ4n) is 7.81. The highest BCUT2D eigenvalue weighted by Gasteiger charge is 2.17. The Kier molecular flexibility index (Phi) is 51.4. The number of carbonyl (C=O) groups is 2. The van der Waals surface area contributed by atoms with Gasteiger partial charge in [0.05, 0.1) is 6.61 Å². The van der Waals surface area contributed by atoms with Crippen LogP contribution in [0.2, 0.25) is 0 Å². The number of ether oxygens (including phenoxy) is 3. The molecule has 0 N–H and O–H groups in total. The van der Waals surface area contributed by atoms with Gasteiger partial charge in [0.25, 0.3) is 0 Å². The van der Waals surface area contributed by atoms with Crippen molar-refractivity contribution in [2.24, 2.45) is 0 Å². The van der Waals surface area contributed by atoms with E-state index in [1.165, 1.54) is 180 Å². The molecular weight excluding hydrogens is 765 g/mol. The Labute approximate surface area is 386 Å². The fourth-order valence-corrected chi connectivity index (χ4v) is 7.81. The summed E-state index contributed by atoms with van der Waals surface area (Å²) < 4.78 is 17.4. The third kappa shape index (κ3) is 50.5. The topological polar surface area (TPSA) is 61.8 Å².